The van der Waals surface area contributed by atoms with Gasteiger partial charge in [-0.15, -0.1) is 0 Å². The lowest BCUT2D eigenvalue weighted by molar-refractivity contribution is 0.669. The Bertz CT molecular complexity index is 3870. The van der Waals surface area contributed by atoms with E-state index in [4.69, 9.17) is 13.3 Å². The monoisotopic (exact) mass is 793 g/mol. The van der Waals surface area contributed by atoms with Crippen LogP contribution in [0.5, 0.6) is 0 Å². The van der Waals surface area contributed by atoms with Crippen molar-refractivity contribution in [2.45, 2.75) is 0 Å². The van der Waals surface area contributed by atoms with Gasteiger partial charge in [0.1, 0.15) is 33.5 Å². The molecule has 0 atom stereocenters. The number of furan rings is 3. The third kappa shape index (κ3) is 5.40. The zero-order chi connectivity index (χ0) is 40.7. The van der Waals surface area contributed by atoms with E-state index in [1.54, 1.807) is 0 Å². The maximum absolute atomic E-state index is 6.57. The summed E-state index contributed by atoms with van der Waals surface area (Å²) in [6.45, 7) is 0. The van der Waals surface area contributed by atoms with Crippen molar-refractivity contribution in [3.63, 3.8) is 0 Å². The first-order chi connectivity index (χ1) is 30.7. The van der Waals surface area contributed by atoms with Crippen molar-refractivity contribution >= 4 is 93.7 Å². The van der Waals surface area contributed by atoms with Crippen molar-refractivity contribution in [2.75, 3.05) is 4.90 Å². The van der Waals surface area contributed by atoms with Gasteiger partial charge in [-0.1, -0.05) is 140 Å². The lowest BCUT2D eigenvalue weighted by Crippen LogP contribution is -2.11. The highest BCUT2D eigenvalue weighted by Crippen LogP contribution is 2.46. The SMILES string of the molecule is c1ccc(N(c2ccc(-c3ccc4c(c3)oc3ccccc34)cc2)c2ccc(-c3cccc4c3oc3ccccc34)cc2)c(-c2cccc3oc4cc5ccccc5cc4c23)c1. The zero-order valence-corrected chi connectivity index (χ0v) is 33.4. The highest BCUT2D eigenvalue weighted by atomic mass is 16.3. The molecule has 0 spiro atoms. The molecule has 0 aliphatic carbocycles. The van der Waals surface area contributed by atoms with Crippen LogP contribution in [-0.2, 0) is 0 Å². The van der Waals surface area contributed by atoms with E-state index < -0.39 is 0 Å². The molecule has 0 saturated carbocycles. The van der Waals surface area contributed by atoms with Crippen LogP contribution in [0.2, 0.25) is 0 Å². The molecule has 0 unspecified atom stereocenters. The van der Waals surface area contributed by atoms with Crippen molar-refractivity contribution in [1.29, 1.82) is 0 Å². The fraction of sp³-hybridized carbons (Fsp3) is 0. The Morgan fingerprint density at radius 3 is 1.63 bits per heavy atom. The minimum Gasteiger partial charge on any atom is -0.456 e. The number of hydrogen-bond acceptors (Lipinski definition) is 4. The summed E-state index contributed by atoms with van der Waals surface area (Å²) in [6.07, 6.45) is 0. The predicted molar refractivity (Wildman–Crippen MR) is 257 cm³/mol. The van der Waals surface area contributed by atoms with E-state index in [1.807, 2.05) is 24.3 Å². The average molecular weight is 794 g/mol. The van der Waals surface area contributed by atoms with Crippen molar-refractivity contribution in [1.82, 2.24) is 0 Å². The molecule has 13 aromatic rings. The van der Waals surface area contributed by atoms with Gasteiger partial charge in [0.25, 0.3) is 0 Å². The largest absolute Gasteiger partial charge is 0.456 e. The van der Waals surface area contributed by atoms with Gasteiger partial charge in [-0.2, -0.15) is 0 Å². The maximum atomic E-state index is 6.57. The summed E-state index contributed by atoms with van der Waals surface area (Å²) in [6, 6.07) is 75.1. The molecule has 62 heavy (non-hydrogen) atoms. The van der Waals surface area contributed by atoms with Crippen LogP contribution in [0, 0.1) is 0 Å². The smallest absolute Gasteiger partial charge is 0.143 e. The van der Waals surface area contributed by atoms with Crippen LogP contribution in [0.4, 0.5) is 17.1 Å². The Morgan fingerprint density at radius 2 is 0.823 bits per heavy atom. The molecule has 0 N–H and O–H groups in total. The summed E-state index contributed by atoms with van der Waals surface area (Å²) in [7, 11) is 0. The number of rotatable bonds is 6. The Labute approximate surface area is 356 Å². The molecule has 10 aromatic carbocycles. The fourth-order valence-electron chi connectivity index (χ4n) is 9.53. The molecule has 3 aromatic heterocycles. The quantitative estimate of drug-likeness (QED) is 0.168. The second-order valence-corrected chi connectivity index (χ2v) is 16.0. The Hall–Kier alpha value is -8.34. The first-order valence-electron chi connectivity index (χ1n) is 21.0. The summed E-state index contributed by atoms with van der Waals surface area (Å²) in [5.41, 5.74) is 15.0. The normalized spacial score (nSPS) is 11.9. The molecule has 0 saturated heterocycles. The van der Waals surface area contributed by atoms with Crippen molar-refractivity contribution < 1.29 is 13.3 Å². The van der Waals surface area contributed by atoms with Gasteiger partial charge in [-0.05, 0) is 106 Å². The third-order valence-electron chi connectivity index (χ3n) is 12.5. The number of anilines is 3. The third-order valence-corrected chi connectivity index (χ3v) is 12.5. The summed E-state index contributed by atoms with van der Waals surface area (Å²) in [5, 5.41) is 9.05. The highest BCUT2D eigenvalue weighted by Gasteiger charge is 2.22. The topological polar surface area (TPSA) is 42.7 Å². The minimum absolute atomic E-state index is 0.865. The second kappa shape index (κ2) is 13.6. The van der Waals surface area contributed by atoms with Crippen LogP contribution >= 0.6 is 0 Å². The van der Waals surface area contributed by atoms with E-state index in [9.17, 15) is 0 Å². The second-order valence-electron chi connectivity index (χ2n) is 16.0. The molecule has 3 heterocycles. The van der Waals surface area contributed by atoms with E-state index in [0.717, 1.165) is 122 Å². The van der Waals surface area contributed by atoms with E-state index >= 15 is 0 Å². The Morgan fingerprint density at radius 1 is 0.290 bits per heavy atom. The number of para-hydroxylation sites is 4. The number of fused-ring (bicyclic) bond motifs is 10. The van der Waals surface area contributed by atoms with Gasteiger partial charge >= 0.3 is 0 Å². The van der Waals surface area contributed by atoms with Crippen LogP contribution in [0.1, 0.15) is 0 Å². The maximum Gasteiger partial charge on any atom is 0.143 e. The predicted octanol–water partition coefficient (Wildman–Crippen LogP) is 17.0. The van der Waals surface area contributed by atoms with Gasteiger partial charge in [-0.3, -0.25) is 0 Å². The molecule has 0 bridgehead atoms. The van der Waals surface area contributed by atoms with E-state index in [0.29, 0.717) is 0 Å². The van der Waals surface area contributed by atoms with Crippen molar-refractivity contribution in [3.8, 4) is 33.4 Å². The lowest BCUT2D eigenvalue weighted by Gasteiger charge is -2.28. The molecule has 0 fully saturated rings. The van der Waals surface area contributed by atoms with E-state index in [-0.39, 0.29) is 0 Å². The summed E-state index contributed by atoms with van der Waals surface area (Å²) < 4.78 is 19.3. The number of nitrogens with zero attached hydrogens (tertiary/aromatic N) is 1. The molecule has 0 aliphatic rings. The Balaban J connectivity index is 0.969. The van der Waals surface area contributed by atoms with Gasteiger partial charge in [0.05, 0.1) is 5.69 Å². The van der Waals surface area contributed by atoms with Crippen LogP contribution in [0.25, 0.3) is 110 Å². The minimum atomic E-state index is 0.865. The molecule has 4 heteroatoms. The van der Waals surface area contributed by atoms with Crippen LogP contribution in [-0.4, -0.2) is 0 Å². The highest BCUT2D eigenvalue weighted by molar-refractivity contribution is 6.17. The first-order valence-corrected chi connectivity index (χ1v) is 21.0. The molecular formula is C58H35NO3. The van der Waals surface area contributed by atoms with Crippen LogP contribution in [0.15, 0.2) is 226 Å². The lowest BCUT2D eigenvalue weighted by atomic mass is 9.96. The molecule has 0 amide bonds. The molecule has 13 rings (SSSR count). The van der Waals surface area contributed by atoms with Gasteiger partial charge in [0.2, 0.25) is 0 Å². The molecule has 4 nitrogen and oxygen atoms in total. The van der Waals surface area contributed by atoms with Crippen LogP contribution in [0.3, 0.4) is 0 Å². The summed E-state index contributed by atoms with van der Waals surface area (Å²) in [5.74, 6) is 0. The van der Waals surface area contributed by atoms with E-state index in [2.05, 4.69) is 193 Å². The van der Waals surface area contributed by atoms with Gasteiger partial charge in [0, 0.05) is 54.8 Å². The standard InChI is InChI=1S/C58H35NO3/c1-2-12-39-34-56-50(33-38(39)11-1)57-48(17-10-22-54(57)61-56)44-13-3-6-19-51(44)59(41-28-23-36(24-29-41)40-27-32-47-45-14-4-7-20-52(45)60-55(47)35-40)42-30-25-37(26-31-42)43-16-9-18-49-46-15-5-8-21-53(46)62-58(43)49/h1-35H. The average Bonchev–Trinajstić information content (AvgIpc) is 4.02. The van der Waals surface area contributed by atoms with Crippen LogP contribution < -0.4 is 4.90 Å². The van der Waals surface area contributed by atoms with Gasteiger partial charge in [-0.25, -0.2) is 0 Å². The molecule has 0 aliphatic heterocycles. The molecule has 0 radical (unpaired) electrons. The van der Waals surface area contributed by atoms with Crippen molar-refractivity contribution in [2.24, 2.45) is 0 Å². The van der Waals surface area contributed by atoms with Gasteiger partial charge in [0.15, 0.2) is 0 Å². The molecule has 290 valence electrons. The summed E-state index contributed by atoms with van der Waals surface area (Å²) in [4.78, 5) is 2.36. The molecular weight excluding hydrogens is 759 g/mol. The zero-order valence-electron chi connectivity index (χ0n) is 33.4. The Kier molecular flexibility index (Phi) is 7.57. The van der Waals surface area contributed by atoms with Gasteiger partial charge < -0.3 is 18.2 Å². The summed E-state index contributed by atoms with van der Waals surface area (Å²) >= 11 is 0. The van der Waals surface area contributed by atoms with E-state index in [1.165, 1.54) is 5.39 Å². The number of hydrogen-bond donors (Lipinski definition) is 0. The fourth-order valence-corrected chi connectivity index (χ4v) is 9.53. The first kappa shape index (κ1) is 34.5. The number of benzene rings is 10. The van der Waals surface area contributed by atoms with Crippen molar-refractivity contribution in [3.05, 3.63) is 212 Å².